The van der Waals surface area contributed by atoms with Crippen LogP contribution in [0.3, 0.4) is 0 Å². The van der Waals surface area contributed by atoms with Gasteiger partial charge in [-0.1, -0.05) is 19.4 Å². The fourth-order valence-corrected chi connectivity index (χ4v) is 7.09. The molecule has 4 heteroatoms. The largest absolute Gasteiger partial charge is 0.393 e. The van der Waals surface area contributed by atoms with Gasteiger partial charge < -0.3 is 5.11 Å². The van der Waals surface area contributed by atoms with Crippen LogP contribution < -0.4 is 0 Å². The van der Waals surface area contributed by atoms with E-state index in [1.54, 1.807) is 13.0 Å². The highest BCUT2D eigenvalue weighted by Gasteiger charge is 2.65. The molecule has 0 aliphatic heterocycles. The summed E-state index contributed by atoms with van der Waals surface area (Å²) < 4.78 is 0. The molecule has 7 atom stereocenters. The highest BCUT2D eigenvalue weighted by molar-refractivity contribution is 5.93. The van der Waals surface area contributed by atoms with Crippen LogP contribution in [0, 0.1) is 34.5 Å². The zero-order valence-corrected chi connectivity index (χ0v) is 15.4. The van der Waals surface area contributed by atoms with E-state index in [1.165, 1.54) is 0 Å². The summed E-state index contributed by atoms with van der Waals surface area (Å²) in [4.78, 5) is 37.3. The van der Waals surface area contributed by atoms with Gasteiger partial charge in [-0.3, -0.25) is 14.4 Å². The van der Waals surface area contributed by atoms with Crippen LogP contribution in [0.4, 0.5) is 0 Å². The lowest BCUT2D eigenvalue weighted by atomic mass is 9.46. The maximum absolute atomic E-state index is 13.3. The van der Waals surface area contributed by atoms with Gasteiger partial charge in [0, 0.05) is 24.7 Å². The standard InChI is InChI=1S/C21H28O4/c1-11(22)15-9-16(24)18-14-5-4-12-8-13(23)6-7-20(12,2)19(14)17(25)10-21(15,18)3/h8,14-16,18-19,24H,4-7,9-10H2,1-3H3/t14-,15-,16-,18-,19-,20-,21+/m0/s1. The van der Waals surface area contributed by atoms with Crippen molar-refractivity contribution in [1.29, 1.82) is 0 Å². The normalized spacial score (nSPS) is 49.1. The number of hydrogen-bond acceptors (Lipinski definition) is 4. The molecule has 1 N–H and O–H groups in total. The van der Waals surface area contributed by atoms with Crippen LogP contribution >= 0.6 is 0 Å². The van der Waals surface area contributed by atoms with E-state index in [0.29, 0.717) is 19.3 Å². The first-order valence-electron chi connectivity index (χ1n) is 9.63. The van der Waals surface area contributed by atoms with Crippen molar-refractivity contribution in [1.82, 2.24) is 0 Å². The van der Waals surface area contributed by atoms with Crippen LogP contribution in [0.5, 0.6) is 0 Å². The van der Waals surface area contributed by atoms with E-state index in [2.05, 4.69) is 6.92 Å². The summed E-state index contributed by atoms with van der Waals surface area (Å²) in [5.74, 6) is 0.333. The van der Waals surface area contributed by atoms with E-state index in [4.69, 9.17) is 0 Å². The molecule has 0 saturated heterocycles. The van der Waals surface area contributed by atoms with Crippen LogP contribution in [-0.4, -0.2) is 28.6 Å². The summed E-state index contributed by atoms with van der Waals surface area (Å²) in [6.07, 6.45) is 5.08. The molecular formula is C21H28O4. The van der Waals surface area contributed by atoms with Crippen molar-refractivity contribution in [3.63, 3.8) is 0 Å². The minimum atomic E-state index is -0.501. The molecule has 0 amide bonds. The van der Waals surface area contributed by atoms with Gasteiger partial charge in [-0.25, -0.2) is 0 Å². The van der Waals surface area contributed by atoms with E-state index in [1.807, 2.05) is 6.92 Å². The number of carbonyl (C=O) groups excluding carboxylic acids is 3. The minimum absolute atomic E-state index is 0.0140. The van der Waals surface area contributed by atoms with E-state index in [9.17, 15) is 19.5 Å². The van der Waals surface area contributed by atoms with E-state index in [0.717, 1.165) is 24.8 Å². The van der Waals surface area contributed by atoms with Gasteiger partial charge in [-0.05, 0) is 61.3 Å². The molecule has 0 aromatic rings. The maximum atomic E-state index is 13.3. The third-order valence-corrected chi connectivity index (χ3v) is 8.12. The molecule has 4 aliphatic carbocycles. The third-order valence-electron chi connectivity index (χ3n) is 8.12. The number of Topliss-reactive ketones (excluding diaryl/α,β-unsaturated/α-hetero) is 2. The molecule has 4 aliphatic rings. The molecule has 0 aromatic carbocycles. The van der Waals surface area contributed by atoms with E-state index >= 15 is 0 Å². The summed E-state index contributed by atoms with van der Waals surface area (Å²) in [5, 5.41) is 10.8. The predicted molar refractivity (Wildman–Crippen MR) is 92.7 cm³/mol. The second kappa shape index (κ2) is 5.35. The molecule has 0 spiro atoms. The second-order valence-corrected chi connectivity index (χ2v) is 9.37. The summed E-state index contributed by atoms with van der Waals surface area (Å²) in [6, 6.07) is 0. The summed E-state index contributed by atoms with van der Waals surface area (Å²) >= 11 is 0. The Labute approximate surface area is 149 Å². The Balaban J connectivity index is 1.77. The number of aliphatic hydroxyl groups excluding tert-OH is 1. The number of hydrogen-bond donors (Lipinski definition) is 1. The van der Waals surface area contributed by atoms with Crippen LogP contribution in [-0.2, 0) is 14.4 Å². The Morgan fingerprint density at radius 1 is 1.24 bits per heavy atom. The molecule has 4 rings (SSSR count). The molecule has 136 valence electrons. The van der Waals surface area contributed by atoms with Crippen molar-refractivity contribution in [3.8, 4) is 0 Å². The van der Waals surface area contributed by atoms with Crippen molar-refractivity contribution in [2.24, 2.45) is 34.5 Å². The highest BCUT2D eigenvalue weighted by Crippen LogP contribution is 2.65. The number of carbonyl (C=O) groups is 3. The lowest BCUT2D eigenvalue weighted by Crippen LogP contribution is -2.56. The molecule has 4 nitrogen and oxygen atoms in total. The number of ketones is 3. The smallest absolute Gasteiger partial charge is 0.155 e. The lowest BCUT2D eigenvalue weighted by Gasteiger charge is -2.57. The van der Waals surface area contributed by atoms with E-state index in [-0.39, 0.29) is 46.4 Å². The molecule has 25 heavy (non-hydrogen) atoms. The Hall–Kier alpha value is -1.29. The monoisotopic (exact) mass is 344 g/mol. The molecule has 0 bridgehead atoms. The van der Waals surface area contributed by atoms with Crippen molar-refractivity contribution < 1.29 is 19.5 Å². The van der Waals surface area contributed by atoms with Crippen LogP contribution in [0.1, 0.15) is 59.3 Å². The second-order valence-electron chi connectivity index (χ2n) is 9.37. The van der Waals surface area contributed by atoms with Crippen LogP contribution in [0.2, 0.25) is 0 Å². The van der Waals surface area contributed by atoms with Crippen molar-refractivity contribution >= 4 is 17.3 Å². The van der Waals surface area contributed by atoms with Crippen molar-refractivity contribution in [2.45, 2.75) is 65.4 Å². The Bertz CT molecular complexity index is 692. The number of allylic oxidation sites excluding steroid dienone is 1. The van der Waals surface area contributed by atoms with E-state index < -0.39 is 11.5 Å². The average molecular weight is 344 g/mol. The number of rotatable bonds is 1. The fraction of sp³-hybridized carbons (Fsp3) is 0.762. The zero-order chi connectivity index (χ0) is 18.1. The quantitative estimate of drug-likeness (QED) is 0.794. The summed E-state index contributed by atoms with van der Waals surface area (Å²) in [5.41, 5.74) is 0.479. The first-order chi connectivity index (χ1) is 11.7. The minimum Gasteiger partial charge on any atom is -0.393 e. The average Bonchev–Trinajstić information content (AvgIpc) is 2.78. The van der Waals surface area contributed by atoms with Gasteiger partial charge in [-0.15, -0.1) is 0 Å². The van der Waals surface area contributed by atoms with Gasteiger partial charge in [0.25, 0.3) is 0 Å². The summed E-state index contributed by atoms with van der Waals surface area (Å²) in [6.45, 7) is 5.79. The first kappa shape index (κ1) is 17.1. The Kier molecular flexibility index (Phi) is 3.67. The summed E-state index contributed by atoms with van der Waals surface area (Å²) in [7, 11) is 0. The number of fused-ring (bicyclic) bond motifs is 5. The first-order valence-corrected chi connectivity index (χ1v) is 9.63. The third kappa shape index (κ3) is 2.19. The van der Waals surface area contributed by atoms with Gasteiger partial charge in [-0.2, -0.15) is 0 Å². The molecular weight excluding hydrogens is 316 g/mol. The maximum Gasteiger partial charge on any atom is 0.155 e. The topological polar surface area (TPSA) is 71.4 Å². The van der Waals surface area contributed by atoms with Gasteiger partial charge in [0.2, 0.25) is 0 Å². The molecule has 3 fully saturated rings. The molecule has 3 saturated carbocycles. The van der Waals surface area contributed by atoms with Crippen LogP contribution in [0.15, 0.2) is 11.6 Å². The fourth-order valence-electron chi connectivity index (χ4n) is 7.09. The highest BCUT2D eigenvalue weighted by atomic mass is 16.3. The number of aliphatic hydroxyl groups is 1. The molecule has 0 aromatic heterocycles. The van der Waals surface area contributed by atoms with Crippen molar-refractivity contribution in [3.05, 3.63) is 11.6 Å². The molecule has 0 unspecified atom stereocenters. The Morgan fingerprint density at radius 2 is 1.96 bits per heavy atom. The zero-order valence-electron chi connectivity index (χ0n) is 15.4. The van der Waals surface area contributed by atoms with Crippen molar-refractivity contribution in [2.75, 3.05) is 0 Å². The lowest BCUT2D eigenvalue weighted by molar-refractivity contribution is -0.151. The molecule has 0 radical (unpaired) electrons. The predicted octanol–water partition coefficient (Wildman–Crippen LogP) is 2.87. The SMILES string of the molecule is CC(=O)[C@@H]1C[C@H](O)[C@@H]2[C@@H]3CCC4=CC(=O)CC[C@]4(C)[C@@H]3C(=O)C[C@@]21C. The van der Waals surface area contributed by atoms with Gasteiger partial charge in [0.15, 0.2) is 5.78 Å². The van der Waals surface area contributed by atoms with Gasteiger partial charge in [0.05, 0.1) is 6.10 Å². The van der Waals surface area contributed by atoms with Gasteiger partial charge in [0.1, 0.15) is 11.6 Å². The van der Waals surface area contributed by atoms with Gasteiger partial charge >= 0.3 is 0 Å². The Morgan fingerprint density at radius 3 is 2.64 bits per heavy atom. The molecule has 0 heterocycles. The van der Waals surface area contributed by atoms with Crippen LogP contribution in [0.25, 0.3) is 0 Å².